The molecule has 0 unspecified atom stereocenters. The second-order valence-electron chi connectivity index (χ2n) is 21.8. The van der Waals surface area contributed by atoms with Gasteiger partial charge in [0.15, 0.2) is 0 Å². The quantitative estimate of drug-likeness (QED) is 0.139. The van der Waals surface area contributed by atoms with E-state index in [2.05, 4.69) is 96.1 Å². The lowest BCUT2D eigenvalue weighted by Gasteiger charge is -2.37. The van der Waals surface area contributed by atoms with Crippen LogP contribution in [0, 0.1) is 29.1 Å². The largest absolute Gasteiger partial charge is 0.464 e. The fraction of sp³-hybridized carbons (Fsp3) is 0.544. The third kappa shape index (κ3) is 10.8. The molecule has 0 saturated carbocycles. The van der Waals surface area contributed by atoms with E-state index in [0.29, 0.717) is 45.3 Å². The first kappa shape index (κ1) is 52.2. The molecule has 15 heteroatoms. The number of benzene rings is 2. The van der Waals surface area contributed by atoms with Crippen molar-refractivity contribution in [3.8, 4) is 34.2 Å². The summed E-state index contributed by atoms with van der Waals surface area (Å²) in [6.07, 6.45) is 5.66. The molecule has 0 radical (unpaired) electrons. The number of nitrogens with one attached hydrogen (secondary N) is 2. The monoisotopic (exact) mass is 983 g/mol. The second-order valence-corrected chi connectivity index (χ2v) is 21.8. The molecule has 384 valence electrons. The van der Waals surface area contributed by atoms with Crippen LogP contribution in [0.3, 0.4) is 0 Å². The van der Waals surface area contributed by atoms with Gasteiger partial charge >= 0.3 is 5.97 Å². The van der Waals surface area contributed by atoms with E-state index in [9.17, 15) is 24.0 Å². The van der Waals surface area contributed by atoms with E-state index < -0.39 is 47.2 Å². The number of fused-ring (bicyclic) bond motifs is 6. The van der Waals surface area contributed by atoms with Crippen molar-refractivity contribution in [1.29, 1.82) is 0 Å². The van der Waals surface area contributed by atoms with Gasteiger partial charge in [-0.25, -0.2) is 5.43 Å². The molecule has 4 aliphatic rings. The number of amides is 4. The maximum absolute atomic E-state index is 14.8. The number of likely N-dealkylation sites (tertiary alicyclic amines) is 2. The molecule has 8 rings (SSSR count). The Hall–Kier alpha value is -6.08. The van der Waals surface area contributed by atoms with Crippen LogP contribution in [-0.4, -0.2) is 137 Å². The standard InChI is InChI=1S/C57H74N8O7/c1-11-64-47-21-20-40-32-43(47)44(51(64)42-18-13-26-58-49(42)37(4)71-10)33-56(5,6)35-72-55(70)45-19-14-28-65(60-45)54(69)46(31-38-16-12-17-39(40)30-38)59-52(67)50(36(2)3)62(9)53(68)41-23-29-63(34-41)48(66)22-25-57(7)24-15-27-61(57)8/h12-13,16-18,20-21,26,30,32,36-37,41,45-46,50,60H,11,14-15,19,23-24,27-29,31,33-35H2,1-10H3,(H,59,67)/t37-,41-,45-,46-,50-,57-/m0/s1. The Morgan fingerprint density at radius 2 is 1.78 bits per heavy atom. The van der Waals surface area contributed by atoms with Crippen molar-refractivity contribution in [3.05, 3.63) is 77.6 Å². The summed E-state index contributed by atoms with van der Waals surface area (Å²) in [5.74, 6) is 3.37. The lowest BCUT2D eigenvalue weighted by atomic mass is 9.84. The Kier molecular flexibility index (Phi) is 15.6. The number of likely N-dealkylation sites (N-methyl/N-ethyl adjacent to an activating group) is 1. The van der Waals surface area contributed by atoms with Gasteiger partial charge in [-0.3, -0.25) is 38.9 Å². The molecule has 72 heavy (non-hydrogen) atoms. The highest BCUT2D eigenvalue weighted by atomic mass is 16.5. The molecule has 15 nitrogen and oxygen atoms in total. The smallest absolute Gasteiger partial charge is 0.324 e. The van der Waals surface area contributed by atoms with Crippen molar-refractivity contribution in [1.82, 2.24) is 40.0 Å². The minimum atomic E-state index is -1.06. The molecule has 2 N–H and O–H groups in total. The number of hydrogen-bond donors (Lipinski definition) is 2. The Bertz CT molecular complexity index is 2770. The number of methoxy groups -OCH3 is 1. The molecular weight excluding hydrogens is 909 g/mol. The third-order valence-electron chi connectivity index (χ3n) is 15.6. The predicted octanol–water partition coefficient (Wildman–Crippen LogP) is 6.57. The van der Waals surface area contributed by atoms with Crippen molar-refractivity contribution in [3.63, 3.8) is 0 Å². The Morgan fingerprint density at radius 1 is 1.00 bits per heavy atom. The average molecular weight is 983 g/mol. The number of esters is 1. The van der Waals surface area contributed by atoms with Gasteiger partial charge in [0, 0.05) is 74.8 Å². The summed E-state index contributed by atoms with van der Waals surface area (Å²) >= 11 is 0. The van der Waals surface area contributed by atoms with Crippen LogP contribution < -0.4 is 10.7 Å². The van der Waals surface area contributed by atoms with Gasteiger partial charge in [-0.2, -0.15) is 0 Å². The number of aromatic nitrogens is 2. The Balaban J connectivity index is 1.11. The van der Waals surface area contributed by atoms with Gasteiger partial charge in [-0.05, 0) is 131 Å². The summed E-state index contributed by atoms with van der Waals surface area (Å²) < 4.78 is 14.3. The van der Waals surface area contributed by atoms with Gasteiger partial charge in [0.05, 0.1) is 35.6 Å². The van der Waals surface area contributed by atoms with Crippen LogP contribution in [-0.2, 0) is 52.8 Å². The van der Waals surface area contributed by atoms with Crippen molar-refractivity contribution in [2.75, 3.05) is 54.0 Å². The van der Waals surface area contributed by atoms with Gasteiger partial charge in [-0.15, -0.1) is 0 Å². The van der Waals surface area contributed by atoms with Crippen LogP contribution in [0.15, 0.2) is 60.8 Å². The first-order chi connectivity index (χ1) is 34.3. The van der Waals surface area contributed by atoms with Gasteiger partial charge in [0.2, 0.25) is 11.8 Å². The van der Waals surface area contributed by atoms with Gasteiger partial charge in [0.1, 0.15) is 18.1 Å². The fourth-order valence-corrected chi connectivity index (χ4v) is 11.3. The molecule has 6 bridgehead atoms. The molecule has 3 fully saturated rings. The molecule has 3 saturated heterocycles. The number of cyclic esters (lactones) is 1. The molecule has 4 aromatic rings. The van der Waals surface area contributed by atoms with Gasteiger partial charge in [-0.1, -0.05) is 63.9 Å². The summed E-state index contributed by atoms with van der Waals surface area (Å²) in [5, 5.41) is 5.61. The first-order valence-electron chi connectivity index (χ1n) is 25.9. The lowest BCUT2D eigenvalue weighted by molar-refractivity contribution is -0.155. The van der Waals surface area contributed by atoms with Crippen LogP contribution in [0.1, 0.15) is 103 Å². The normalized spacial score (nSPS) is 23.5. The molecule has 4 amide bonds. The lowest BCUT2D eigenvalue weighted by Crippen LogP contribution is -2.62. The number of pyridine rings is 1. The molecule has 6 atom stereocenters. The van der Waals surface area contributed by atoms with Crippen LogP contribution in [0.5, 0.6) is 0 Å². The molecular formula is C57H74N8O7. The number of carbonyl (C=O) groups is 5. The van der Waals surface area contributed by atoms with E-state index in [1.54, 1.807) is 25.3 Å². The number of ether oxygens (including phenoxy) is 2. The molecule has 4 aliphatic heterocycles. The highest BCUT2D eigenvalue weighted by Crippen LogP contribution is 2.42. The van der Waals surface area contributed by atoms with E-state index in [-0.39, 0.29) is 48.9 Å². The highest BCUT2D eigenvalue weighted by molar-refractivity contribution is 5.97. The van der Waals surface area contributed by atoms with E-state index in [1.807, 2.05) is 46.0 Å². The number of carbonyl (C=O) groups excluding carboxylic acids is 5. The molecule has 6 heterocycles. The molecule has 2 aromatic heterocycles. The maximum atomic E-state index is 14.8. The zero-order chi connectivity index (χ0) is 51.6. The number of nitrogens with zero attached hydrogens (tertiary/aromatic N) is 6. The summed E-state index contributed by atoms with van der Waals surface area (Å²) in [7, 11) is 5.34. The number of aryl methyl sites for hydroxylation is 1. The summed E-state index contributed by atoms with van der Waals surface area (Å²) in [6.45, 7) is 16.9. The topological polar surface area (TPSA) is 159 Å². The minimum Gasteiger partial charge on any atom is -0.464 e. The minimum absolute atomic E-state index is 0.133. The highest BCUT2D eigenvalue weighted by Gasteiger charge is 2.41. The number of rotatable bonds is 9. The fourth-order valence-electron chi connectivity index (χ4n) is 11.3. The van der Waals surface area contributed by atoms with Crippen LogP contribution in [0.25, 0.3) is 33.3 Å². The second kappa shape index (κ2) is 21.6. The van der Waals surface area contributed by atoms with Crippen LogP contribution >= 0.6 is 0 Å². The van der Waals surface area contributed by atoms with Gasteiger partial charge < -0.3 is 29.2 Å². The van der Waals surface area contributed by atoms with Crippen molar-refractivity contribution >= 4 is 40.5 Å². The molecule has 0 spiro atoms. The number of hydrazine groups is 1. The van der Waals surface area contributed by atoms with E-state index >= 15 is 0 Å². The molecule has 2 aromatic carbocycles. The zero-order valence-electron chi connectivity index (χ0n) is 44.0. The Labute approximate surface area is 425 Å². The van der Waals surface area contributed by atoms with E-state index in [4.69, 9.17) is 14.5 Å². The number of hydrogen-bond acceptors (Lipinski definition) is 10. The maximum Gasteiger partial charge on any atom is 0.324 e. The average Bonchev–Trinajstić information content (AvgIpc) is 4.08. The van der Waals surface area contributed by atoms with Crippen LogP contribution in [0.4, 0.5) is 0 Å². The third-order valence-corrected chi connectivity index (χ3v) is 15.6. The summed E-state index contributed by atoms with van der Waals surface area (Å²) in [5.41, 5.74) is 10.1. The van der Waals surface area contributed by atoms with E-state index in [0.717, 1.165) is 69.5 Å². The van der Waals surface area contributed by atoms with Crippen molar-refractivity contribution in [2.24, 2.45) is 17.3 Å². The van der Waals surface area contributed by atoms with Crippen molar-refractivity contribution < 1.29 is 33.4 Å². The van der Waals surface area contributed by atoms with Gasteiger partial charge in [0.25, 0.3) is 11.8 Å². The SMILES string of the molecule is CCn1c(-c2cccnc2[C@H](C)OC)c2c3cc(ccc31)-c1cccc(c1)C[C@H](NC(=O)[C@H](C(C)C)N(C)C(=O)[C@H]1CCN(C(=O)C#C[C@]3(C)CCCN3C)C1)C(=O)N1CCC[C@H](N1)C(=O)OCC(C)(C)C2. The van der Waals surface area contributed by atoms with Crippen LogP contribution in [0.2, 0.25) is 0 Å². The van der Waals surface area contributed by atoms with Crippen molar-refractivity contribution in [2.45, 2.75) is 130 Å². The van der Waals surface area contributed by atoms with E-state index in [1.165, 1.54) is 9.91 Å². The predicted molar refractivity (Wildman–Crippen MR) is 278 cm³/mol. The summed E-state index contributed by atoms with van der Waals surface area (Å²) in [6, 6.07) is 15.9. The summed E-state index contributed by atoms with van der Waals surface area (Å²) in [4.78, 5) is 81.2. The zero-order valence-corrected chi connectivity index (χ0v) is 44.0. The first-order valence-corrected chi connectivity index (χ1v) is 25.9. The molecule has 0 aliphatic carbocycles. The Morgan fingerprint density at radius 3 is 2.50 bits per heavy atom.